The molecule has 0 saturated heterocycles. The summed E-state index contributed by atoms with van der Waals surface area (Å²) in [5.74, 6) is -0.272. The Morgan fingerprint density at radius 3 is 2.50 bits per heavy atom. The zero-order chi connectivity index (χ0) is 17.5. The number of nitrogens with zero attached hydrogens (tertiary/aromatic N) is 1. The van der Waals surface area contributed by atoms with Crippen molar-refractivity contribution in [2.45, 2.75) is 71.8 Å². The molecule has 1 aliphatic carbocycles. The van der Waals surface area contributed by atoms with Gasteiger partial charge in [0.1, 0.15) is 5.76 Å². The summed E-state index contributed by atoms with van der Waals surface area (Å²) >= 11 is 0. The van der Waals surface area contributed by atoms with Gasteiger partial charge < -0.3 is 4.42 Å². The molecular weight excluding hydrogens is 306 g/mol. The molecule has 24 heavy (non-hydrogen) atoms. The maximum absolute atomic E-state index is 12.9. The average molecular weight is 331 g/mol. The number of rotatable bonds is 4. The quantitative estimate of drug-likeness (QED) is 0.795. The van der Waals surface area contributed by atoms with Gasteiger partial charge in [0, 0.05) is 12.1 Å². The number of imide groups is 1. The van der Waals surface area contributed by atoms with E-state index in [4.69, 9.17) is 4.42 Å². The van der Waals surface area contributed by atoms with Crippen LogP contribution < -0.4 is 5.63 Å². The fourth-order valence-corrected chi connectivity index (χ4v) is 3.45. The molecule has 3 rings (SSSR count). The summed E-state index contributed by atoms with van der Waals surface area (Å²) < 4.78 is 5.18. The van der Waals surface area contributed by atoms with Crippen molar-refractivity contribution in [1.82, 2.24) is 4.90 Å². The highest BCUT2D eigenvalue weighted by Crippen LogP contribution is 2.32. The highest BCUT2D eigenvalue weighted by Gasteiger charge is 2.40. The Labute approximate surface area is 142 Å². The van der Waals surface area contributed by atoms with Gasteiger partial charge in [0.15, 0.2) is 0 Å². The first-order valence-electron chi connectivity index (χ1n) is 8.78. The standard InChI is InChI=1S/C19H25NO4/c1-19(2,3)9-5-6-12-10-16(22)24-14-11-15(21)20(13-7-4-8-13)18(23)17(12)14/h10,13H,4-9,11H2,1-3H3. The largest absolute Gasteiger partial charge is 0.426 e. The summed E-state index contributed by atoms with van der Waals surface area (Å²) in [6, 6.07) is 1.45. The van der Waals surface area contributed by atoms with Crippen LogP contribution in [0.4, 0.5) is 0 Å². The van der Waals surface area contributed by atoms with Gasteiger partial charge in [0.2, 0.25) is 5.91 Å². The minimum atomic E-state index is -0.475. The van der Waals surface area contributed by atoms with Gasteiger partial charge in [-0.1, -0.05) is 20.8 Å². The van der Waals surface area contributed by atoms with Crippen molar-refractivity contribution in [2.75, 3.05) is 0 Å². The molecule has 2 aliphatic rings. The molecule has 1 fully saturated rings. The van der Waals surface area contributed by atoms with Gasteiger partial charge >= 0.3 is 5.63 Å². The Bertz CT molecular complexity index is 722. The Morgan fingerprint density at radius 2 is 1.92 bits per heavy atom. The number of amides is 2. The van der Waals surface area contributed by atoms with Crippen LogP contribution in [0.15, 0.2) is 15.3 Å². The number of fused-ring (bicyclic) bond motifs is 1. The number of carbonyl (C=O) groups is 2. The number of aryl methyl sites for hydroxylation is 1. The fraction of sp³-hybridized carbons (Fsp3) is 0.632. The zero-order valence-corrected chi connectivity index (χ0v) is 14.7. The van der Waals surface area contributed by atoms with E-state index in [9.17, 15) is 14.4 Å². The number of hydrogen-bond acceptors (Lipinski definition) is 4. The molecule has 0 bridgehead atoms. The van der Waals surface area contributed by atoms with Crippen LogP contribution in [0.1, 0.15) is 74.6 Å². The summed E-state index contributed by atoms with van der Waals surface area (Å²) in [6.45, 7) is 6.51. The van der Waals surface area contributed by atoms with Gasteiger partial charge in [0.05, 0.1) is 12.0 Å². The third-order valence-corrected chi connectivity index (χ3v) is 4.94. The monoisotopic (exact) mass is 331 g/mol. The van der Waals surface area contributed by atoms with Crippen molar-refractivity contribution in [3.05, 3.63) is 33.4 Å². The molecule has 1 aliphatic heterocycles. The smallest absolute Gasteiger partial charge is 0.336 e. The van der Waals surface area contributed by atoms with Gasteiger partial charge in [-0.15, -0.1) is 0 Å². The zero-order valence-electron chi connectivity index (χ0n) is 14.7. The molecule has 0 N–H and O–H groups in total. The molecule has 0 aromatic carbocycles. The Hall–Kier alpha value is -1.91. The van der Waals surface area contributed by atoms with E-state index in [-0.39, 0.29) is 35.5 Å². The van der Waals surface area contributed by atoms with Crippen LogP contribution in [0, 0.1) is 5.41 Å². The summed E-state index contributed by atoms with van der Waals surface area (Å²) in [7, 11) is 0. The van der Waals surface area contributed by atoms with E-state index in [0.717, 1.165) is 37.7 Å². The Morgan fingerprint density at radius 1 is 1.21 bits per heavy atom. The Balaban J connectivity index is 1.90. The molecule has 0 atom stereocenters. The van der Waals surface area contributed by atoms with E-state index >= 15 is 0 Å². The molecule has 0 spiro atoms. The second-order valence-corrected chi connectivity index (χ2v) is 8.13. The number of carbonyl (C=O) groups excluding carboxylic acids is 2. The SMILES string of the molecule is CC(C)(C)CCCc1cc(=O)oc2c1C(=O)N(C1CCC1)C(=O)C2. The second-order valence-electron chi connectivity index (χ2n) is 8.13. The topological polar surface area (TPSA) is 67.6 Å². The van der Waals surface area contributed by atoms with Gasteiger partial charge in [-0.2, -0.15) is 0 Å². The molecule has 0 radical (unpaired) electrons. The number of hydrogen-bond donors (Lipinski definition) is 0. The minimum Gasteiger partial charge on any atom is -0.426 e. The van der Waals surface area contributed by atoms with E-state index < -0.39 is 5.63 Å². The molecule has 1 aromatic rings. The lowest BCUT2D eigenvalue weighted by molar-refractivity contribution is -0.132. The van der Waals surface area contributed by atoms with E-state index in [1.807, 2.05) is 0 Å². The van der Waals surface area contributed by atoms with Crippen LogP contribution in [0.3, 0.4) is 0 Å². The molecular formula is C19H25NO4. The van der Waals surface area contributed by atoms with Crippen LogP contribution in [0.5, 0.6) is 0 Å². The highest BCUT2D eigenvalue weighted by atomic mass is 16.4. The van der Waals surface area contributed by atoms with Crippen LogP contribution >= 0.6 is 0 Å². The highest BCUT2D eigenvalue weighted by molar-refractivity contribution is 6.10. The summed E-state index contributed by atoms with van der Waals surface area (Å²) in [5.41, 5.74) is 0.914. The molecule has 1 aromatic heterocycles. The van der Waals surface area contributed by atoms with Crippen LogP contribution in [0.2, 0.25) is 0 Å². The molecule has 5 nitrogen and oxygen atoms in total. The van der Waals surface area contributed by atoms with Crippen LogP contribution in [0.25, 0.3) is 0 Å². The van der Waals surface area contributed by atoms with E-state index in [1.165, 1.54) is 11.0 Å². The predicted octanol–water partition coefficient (Wildman–Crippen LogP) is 3.09. The van der Waals surface area contributed by atoms with Crippen LogP contribution in [-0.2, 0) is 17.6 Å². The third kappa shape index (κ3) is 3.30. The van der Waals surface area contributed by atoms with E-state index in [0.29, 0.717) is 12.0 Å². The Kier molecular flexibility index (Phi) is 4.37. The lowest BCUT2D eigenvalue weighted by Gasteiger charge is -2.38. The van der Waals surface area contributed by atoms with E-state index in [1.54, 1.807) is 0 Å². The molecule has 130 valence electrons. The first kappa shape index (κ1) is 16.9. The summed E-state index contributed by atoms with van der Waals surface area (Å²) in [4.78, 5) is 38.4. The lowest BCUT2D eigenvalue weighted by atomic mass is 9.86. The van der Waals surface area contributed by atoms with Crippen molar-refractivity contribution in [3.8, 4) is 0 Å². The first-order chi connectivity index (χ1) is 11.3. The van der Waals surface area contributed by atoms with Crippen molar-refractivity contribution >= 4 is 11.8 Å². The molecule has 2 amide bonds. The molecule has 0 unspecified atom stereocenters. The van der Waals surface area contributed by atoms with E-state index in [2.05, 4.69) is 20.8 Å². The maximum Gasteiger partial charge on any atom is 0.336 e. The summed E-state index contributed by atoms with van der Waals surface area (Å²) in [6.07, 6.45) is 5.37. The molecule has 2 heterocycles. The van der Waals surface area contributed by atoms with Crippen molar-refractivity contribution in [2.24, 2.45) is 5.41 Å². The predicted molar refractivity (Wildman–Crippen MR) is 89.9 cm³/mol. The van der Waals surface area contributed by atoms with Gasteiger partial charge in [-0.3, -0.25) is 14.5 Å². The normalized spacial score (nSPS) is 18.5. The van der Waals surface area contributed by atoms with Crippen molar-refractivity contribution < 1.29 is 14.0 Å². The second kappa shape index (κ2) is 6.19. The van der Waals surface area contributed by atoms with Crippen LogP contribution in [-0.4, -0.2) is 22.8 Å². The molecule has 5 heteroatoms. The molecule has 1 saturated carbocycles. The van der Waals surface area contributed by atoms with Gasteiger partial charge in [-0.05, 0) is 49.5 Å². The first-order valence-corrected chi connectivity index (χ1v) is 8.78. The maximum atomic E-state index is 12.9. The average Bonchev–Trinajstić information content (AvgIpc) is 2.38. The van der Waals surface area contributed by atoms with Crippen molar-refractivity contribution in [3.63, 3.8) is 0 Å². The fourth-order valence-electron chi connectivity index (χ4n) is 3.45. The summed E-state index contributed by atoms with van der Waals surface area (Å²) in [5, 5.41) is 0. The minimum absolute atomic E-state index is 0.0138. The third-order valence-electron chi connectivity index (χ3n) is 4.94. The van der Waals surface area contributed by atoms with Gasteiger partial charge in [-0.25, -0.2) is 4.79 Å². The van der Waals surface area contributed by atoms with Crippen molar-refractivity contribution in [1.29, 1.82) is 0 Å². The lowest BCUT2D eigenvalue weighted by Crippen LogP contribution is -2.51. The van der Waals surface area contributed by atoms with Gasteiger partial charge in [0.25, 0.3) is 5.91 Å².